The Morgan fingerprint density at radius 1 is 1.25 bits per heavy atom. The molecule has 128 valence electrons. The third kappa shape index (κ3) is 2.95. The van der Waals surface area contributed by atoms with Gasteiger partial charge in [-0.3, -0.25) is 14.5 Å². The Bertz CT molecular complexity index is 702. The Labute approximate surface area is 137 Å². The zero-order valence-electron chi connectivity index (χ0n) is 12.9. The van der Waals surface area contributed by atoms with Gasteiger partial charge in [0.05, 0.1) is 5.69 Å². The largest absolute Gasteiger partial charge is 0.325 e. The third-order valence-corrected chi connectivity index (χ3v) is 4.47. The molecular weight excluding hydrogens is 320 g/mol. The number of carbonyl (C=O) groups is 3. The van der Waals surface area contributed by atoms with Crippen LogP contribution in [0.25, 0.3) is 0 Å². The number of amides is 4. The molecule has 0 radical (unpaired) electrons. The Hall–Kier alpha value is -2.51. The smallest absolute Gasteiger partial charge is 0.324 e. The first-order valence-electron chi connectivity index (χ1n) is 7.80. The number of hydrogen-bond donors (Lipinski definition) is 2. The fourth-order valence-electron chi connectivity index (χ4n) is 3.21. The van der Waals surface area contributed by atoms with Crippen molar-refractivity contribution in [2.75, 3.05) is 11.9 Å². The van der Waals surface area contributed by atoms with Crippen LogP contribution in [-0.4, -0.2) is 34.8 Å². The molecule has 0 bridgehead atoms. The Morgan fingerprint density at radius 2 is 1.96 bits per heavy atom. The van der Waals surface area contributed by atoms with Crippen LogP contribution in [-0.2, 0) is 9.59 Å². The average molecular weight is 337 g/mol. The molecule has 1 heterocycles. The topological polar surface area (TPSA) is 78.5 Å². The molecular formula is C16H17F2N3O3. The quantitative estimate of drug-likeness (QED) is 0.827. The number of anilines is 1. The summed E-state index contributed by atoms with van der Waals surface area (Å²) in [6.45, 7) is -0.0823. The minimum absolute atomic E-state index is 0.0823. The van der Waals surface area contributed by atoms with Crippen molar-refractivity contribution in [1.82, 2.24) is 10.2 Å². The zero-order valence-corrected chi connectivity index (χ0v) is 12.9. The van der Waals surface area contributed by atoms with Crippen molar-refractivity contribution < 1.29 is 23.2 Å². The molecule has 2 fully saturated rings. The molecule has 8 heteroatoms. The molecule has 1 aliphatic carbocycles. The molecule has 1 spiro atoms. The number of nitrogens with zero attached hydrogens (tertiary/aromatic N) is 1. The first kappa shape index (κ1) is 16.4. The standard InChI is InChI=1S/C16H17F2N3O3/c17-10-3-4-12(11(18)9-10)19-13(22)5-8-21-14(23)16(20-15(21)24)6-1-2-7-16/h3-4,9H,1-2,5-8H2,(H,19,22)(H,20,24). The van der Waals surface area contributed by atoms with Gasteiger partial charge < -0.3 is 10.6 Å². The molecule has 1 saturated carbocycles. The minimum Gasteiger partial charge on any atom is -0.324 e. The predicted octanol–water partition coefficient (Wildman–Crippen LogP) is 2.16. The number of urea groups is 1. The van der Waals surface area contributed by atoms with Gasteiger partial charge in [0.2, 0.25) is 5.91 Å². The summed E-state index contributed by atoms with van der Waals surface area (Å²) in [6.07, 6.45) is 2.82. The highest BCUT2D eigenvalue weighted by molar-refractivity contribution is 6.07. The molecule has 1 aromatic rings. The zero-order chi connectivity index (χ0) is 17.3. The van der Waals surface area contributed by atoms with E-state index < -0.39 is 29.1 Å². The second-order valence-electron chi connectivity index (χ2n) is 6.10. The fraction of sp³-hybridized carbons (Fsp3) is 0.438. The molecule has 3 rings (SSSR count). The van der Waals surface area contributed by atoms with Crippen LogP contribution in [0.2, 0.25) is 0 Å². The van der Waals surface area contributed by atoms with E-state index in [0.717, 1.165) is 29.9 Å². The Kier molecular flexibility index (Phi) is 4.21. The van der Waals surface area contributed by atoms with Crippen LogP contribution in [0.5, 0.6) is 0 Å². The maximum absolute atomic E-state index is 13.5. The van der Waals surface area contributed by atoms with Gasteiger partial charge in [-0.2, -0.15) is 0 Å². The van der Waals surface area contributed by atoms with Crippen molar-refractivity contribution in [3.05, 3.63) is 29.8 Å². The molecule has 1 saturated heterocycles. The van der Waals surface area contributed by atoms with Crippen molar-refractivity contribution >= 4 is 23.5 Å². The van der Waals surface area contributed by atoms with Crippen LogP contribution >= 0.6 is 0 Å². The van der Waals surface area contributed by atoms with Crippen molar-refractivity contribution in [1.29, 1.82) is 0 Å². The first-order chi connectivity index (χ1) is 11.4. The van der Waals surface area contributed by atoms with Crippen LogP contribution < -0.4 is 10.6 Å². The van der Waals surface area contributed by atoms with E-state index in [9.17, 15) is 23.2 Å². The van der Waals surface area contributed by atoms with Gasteiger partial charge in [0, 0.05) is 19.0 Å². The van der Waals surface area contributed by atoms with E-state index in [1.54, 1.807) is 0 Å². The van der Waals surface area contributed by atoms with Gasteiger partial charge in [-0.1, -0.05) is 12.8 Å². The predicted molar refractivity (Wildman–Crippen MR) is 81.0 cm³/mol. The summed E-state index contributed by atoms with van der Waals surface area (Å²) < 4.78 is 26.3. The maximum Gasteiger partial charge on any atom is 0.325 e. The summed E-state index contributed by atoms with van der Waals surface area (Å²) in [4.78, 5) is 37.3. The lowest BCUT2D eigenvalue weighted by Crippen LogP contribution is -2.44. The molecule has 24 heavy (non-hydrogen) atoms. The van der Waals surface area contributed by atoms with Gasteiger partial charge >= 0.3 is 6.03 Å². The minimum atomic E-state index is -0.886. The molecule has 2 aliphatic rings. The number of imide groups is 1. The second-order valence-corrected chi connectivity index (χ2v) is 6.10. The average Bonchev–Trinajstić information content (AvgIpc) is 3.07. The molecule has 0 atom stereocenters. The van der Waals surface area contributed by atoms with E-state index >= 15 is 0 Å². The lowest BCUT2D eigenvalue weighted by Gasteiger charge is -2.19. The van der Waals surface area contributed by atoms with E-state index in [1.165, 1.54) is 0 Å². The molecule has 0 aromatic heterocycles. The molecule has 0 unspecified atom stereocenters. The summed E-state index contributed by atoms with van der Waals surface area (Å²) >= 11 is 0. The molecule has 4 amide bonds. The third-order valence-electron chi connectivity index (χ3n) is 4.47. The molecule has 1 aromatic carbocycles. The van der Waals surface area contributed by atoms with E-state index in [4.69, 9.17) is 0 Å². The lowest BCUT2D eigenvalue weighted by atomic mass is 9.98. The number of nitrogens with one attached hydrogen (secondary N) is 2. The highest BCUT2D eigenvalue weighted by Gasteiger charge is 2.52. The van der Waals surface area contributed by atoms with Crippen molar-refractivity contribution in [3.63, 3.8) is 0 Å². The summed E-state index contributed by atoms with van der Waals surface area (Å²) in [5.74, 6) is -2.49. The highest BCUT2D eigenvalue weighted by Crippen LogP contribution is 2.35. The van der Waals surface area contributed by atoms with E-state index in [2.05, 4.69) is 10.6 Å². The molecule has 2 N–H and O–H groups in total. The molecule has 6 nitrogen and oxygen atoms in total. The first-order valence-corrected chi connectivity index (χ1v) is 7.80. The van der Waals surface area contributed by atoms with Gasteiger partial charge in [-0.05, 0) is 25.0 Å². The van der Waals surface area contributed by atoms with E-state index in [1.807, 2.05) is 0 Å². The van der Waals surface area contributed by atoms with Crippen LogP contribution in [0.15, 0.2) is 18.2 Å². The van der Waals surface area contributed by atoms with Crippen molar-refractivity contribution in [3.8, 4) is 0 Å². The van der Waals surface area contributed by atoms with Crippen LogP contribution in [0, 0.1) is 11.6 Å². The molecule has 1 aliphatic heterocycles. The monoisotopic (exact) mass is 337 g/mol. The number of rotatable bonds is 4. The normalized spacial score (nSPS) is 19.0. The summed E-state index contributed by atoms with van der Waals surface area (Å²) in [7, 11) is 0. The Morgan fingerprint density at radius 3 is 2.62 bits per heavy atom. The number of halogens is 2. The van der Waals surface area contributed by atoms with Gasteiger partial charge in [-0.15, -0.1) is 0 Å². The van der Waals surface area contributed by atoms with Gasteiger partial charge in [0.1, 0.15) is 17.2 Å². The van der Waals surface area contributed by atoms with Crippen molar-refractivity contribution in [2.45, 2.75) is 37.6 Å². The number of carbonyl (C=O) groups excluding carboxylic acids is 3. The van der Waals surface area contributed by atoms with Gasteiger partial charge in [-0.25, -0.2) is 13.6 Å². The van der Waals surface area contributed by atoms with Gasteiger partial charge in [0.15, 0.2) is 0 Å². The van der Waals surface area contributed by atoms with Crippen LogP contribution in [0.4, 0.5) is 19.3 Å². The van der Waals surface area contributed by atoms with Crippen molar-refractivity contribution in [2.24, 2.45) is 0 Å². The number of benzene rings is 1. The number of hydrogen-bond acceptors (Lipinski definition) is 3. The van der Waals surface area contributed by atoms with Crippen LogP contribution in [0.3, 0.4) is 0 Å². The Balaban J connectivity index is 1.58. The lowest BCUT2D eigenvalue weighted by molar-refractivity contribution is -0.131. The van der Waals surface area contributed by atoms with Gasteiger partial charge in [0.25, 0.3) is 5.91 Å². The maximum atomic E-state index is 13.5. The SMILES string of the molecule is O=C(CCN1C(=O)NC2(CCCC2)C1=O)Nc1ccc(F)cc1F. The fourth-order valence-corrected chi connectivity index (χ4v) is 3.21. The van der Waals surface area contributed by atoms with E-state index in [0.29, 0.717) is 18.9 Å². The highest BCUT2D eigenvalue weighted by atomic mass is 19.1. The van der Waals surface area contributed by atoms with E-state index in [-0.39, 0.29) is 24.6 Å². The summed E-state index contributed by atoms with van der Waals surface area (Å²) in [6, 6.07) is 2.31. The second kappa shape index (κ2) is 6.18. The van der Waals surface area contributed by atoms with Crippen LogP contribution in [0.1, 0.15) is 32.1 Å². The summed E-state index contributed by atoms with van der Waals surface area (Å²) in [5, 5.41) is 5.02. The summed E-state index contributed by atoms with van der Waals surface area (Å²) in [5.41, 5.74) is -0.956.